The summed E-state index contributed by atoms with van der Waals surface area (Å²) in [6.45, 7) is 5.69. The second kappa shape index (κ2) is 6.43. The van der Waals surface area contributed by atoms with Crippen LogP contribution in [0.4, 0.5) is 14.5 Å². The quantitative estimate of drug-likeness (QED) is 0.848. The van der Waals surface area contributed by atoms with Gasteiger partial charge in [0.15, 0.2) is 11.1 Å². The largest absolute Gasteiger partial charge is 0.364 e. The predicted molar refractivity (Wildman–Crippen MR) is 74.0 cm³/mol. The summed E-state index contributed by atoms with van der Waals surface area (Å²) in [6, 6.07) is 5.77. The molecular formula is C13H19F2NO2S. The fraction of sp³-hybridized carbons (Fsp3) is 0.538. The number of hydrogen-bond donors (Lipinski definition) is 1. The molecule has 0 aliphatic heterocycles. The van der Waals surface area contributed by atoms with Crippen LogP contribution in [0.25, 0.3) is 0 Å². The van der Waals surface area contributed by atoms with Crippen molar-refractivity contribution in [3.05, 3.63) is 30.1 Å². The molecule has 1 rings (SSSR count). The average molecular weight is 291 g/mol. The Morgan fingerprint density at radius 2 is 1.84 bits per heavy atom. The van der Waals surface area contributed by atoms with Crippen LogP contribution in [0.3, 0.4) is 0 Å². The molecule has 0 aliphatic rings. The Bertz CT molecular complexity index is 431. The van der Waals surface area contributed by atoms with E-state index in [1.807, 2.05) is 20.8 Å². The summed E-state index contributed by atoms with van der Waals surface area (Å²) < 4.78 is 46.0. The molecule has 0 saturated heterocycles. The second-order valence-electron chi connectivity index (χ2n) is 5.34. The van der Waals surface area contributed by atoms with Gasteiger partial charge in [-0.25, -0.2) is 13.0 Å². The molecule has 0 heterocycles. The topological polar surface area (TPSA) is 40.5 Å². The number of anilines is 1. The molecule has 0 amide bonds. The van der Waals surface area contributed by atoms with Crippen molar-refractivity contribution in [1.29, 1.82) is 0 Å². The molecule has 2 atom stereocenters. The zero-order valence-corrected chi connectivity index (χ0v) is 12.1. The Morgan fingerprint density at radius 1 is 1.32 bits per heavy atom. The van der Waals surface area contributed by atoms with E-state index < -0.39 is 23.0 Å². The monoisotopic (exact) mass is 291 g/mol. The minimum atomic E-state index is -2.16. The lowest BCUT2D eigenvalue weighted by Gasteiger charge is -2.38. The Morgan fingerprint density at radius 3 is 2.26 bits per heavy atom. The van der Waals surface area contributed by atoms with Crippen LogP contribution in [0.2, 0.25) is 0 Å². The van der Waals surface area contributed by atoms with Gasteiger partial charge in [-0.05, 0) is 45.0 Å². The van der Waals surface area contributed by atoms with Gasteiger partial charge in [0.2, 0.25) is 0 Å². The highest BCUT2D eigenvalue weighted by Gasteiger charge is 2.25. The van der Waals surface area contributed by atoms with E-state index >= 15 is 0 Å². The van der Waals surface area contributed by atoms with Crippen LogP contribution >= 0.6 is 0 Å². The fourth-order valence-corrected chi connectivity index (χ4v) is 2.21. The maximum absolute atomic E-state index is 13.7. The van der Waals surface area contributed by atoms with Gasteiger partial charge < -0.3 is 9.45 Å². The normalized spacial score (nSPS) is 15.1. The molecule has 1 N–H and O–H groups in total. The molecule has 0 bridgehead atoms. The first kappa shape index (κ1) is 16.0. The van der Waals surface area contributed by atoms with Gasteiger partial charge in [-0.3, -0.25) is 0 Å². The van der Waals surface area contributed by atoms with E-state index in [0.29, 0.717) is 5.69 Å². The zero-order valence-electron chi connectivity index (χ0n) is 11.3. The summed E-state index contributed by atoms with van der Waals surface area (Å²) in [5, 5.41) is 0. The van der Waals surface area contributed by atoms with Gasteiger partial charge in [0, 0.05) is 11.2 Å². The molecule has 0 spiro atoms. The van der Waals surface area contributed by atoms with Crippen LogP contribution in [0.1, 0.15) is 20.8 Å². The van der Waals surface area contributed by atoms with E-state index in [-0.39, 0.29) is 17.9 Å². The molecule has 0 saturated carbocycles. The highest BCUT2D eigenvalue weighted by Crippen LogP contribution is 2.24. The van der Waals surface area contributed by atoms with Crippen molar-refractivity contribution in [3.8, 4) is 0 Å². The average Bonchev–Trinajstić information content (AvgIpc) is 2.25. The molecule has 108 valence electrons. The van der Waals surface area contributed by atoms with E-state index in [9.17, 15) is 13.0 Å². The minimum Gasteiger partial charge on any atom is -0.364 e. The standard InChI is InChI=1S/C13H19F2NO2S/c1-13(2,3)16(8-11(15)9-19(17)18)12-6-4-10(14)5-7-12/h4-7,11H,8-9H2,1-3H3,(H,17,18). The van der Waals surface area contributed by atoms with Crippen molar-refractivity contribution in [3.63, 3.8) is 0 Å². The Hall–Kier alpha value is -1.01. The van der Waals surface area contributed by atoms with Gasteiger partial charge in [0.05, 0.1) is 12.3 Å². The maximum Gasteiger partial charge on any atom is 0.155 e. The van der Waals surface area contributed by atoms with Crippen molar-refractivity contribution in [2.45, 2.75) is 32.5 Å². The third-order valence-electron chi connectivity index (χ3n) is 2.65. The molecule has 1 aromatic carbocycles. The molecule has 2 unspecified atom stereocenters. The highest BCUT2D eigenvalue weighted by atomic mass is 32.2. The van der Waals surface area contributed by atoms with Gasteiger partial charge in [-0.15, -0.1) is 0 Å². The highest BCUT2D eigenvalue weighted by molar-refractivity contribution is 7.79. The van der Waals surface area contributed by atoms with Crippen molar-refractivity contribution < 1.29 is 17.5 Å². The van der Waals surface area contributed by atoms with E-state index in [1.54, 1.807) is 17.0 Å². The third-order valence-corrected chi connectivity index (χ3v) is 3.30. The summed E-state index contributed by atoms with van der Waals surface area (Å²) in [6.07, 6.45) is -1.42. The molecule has 0 aromatic heterocycles. The van der Waals surface area contributed by atoms with Crippen molar-refractivity contribution in [2.75, 3.05) is 17.2 Å². The van der Waals surface area contributed by atoms with Gasteiger partial charge in [0.1, 0.15) is 12.0 Å². The molecule has 0 fully saturated rings. The van der Waals surface area contributed by atoms with Crippen LogP contribution in [0.5, 0.6) is 0 Å². The third kappa shape index (κ3) is 5.24. The maximum atomic E-state index is 13.7. The van der Waals surface area contributed by atoms with Crippen LogP contribution < -0.4 is 4.90 Å². The number of benzene rings is 1. The van der Waals surface area contributed by atoms with E-state index in [2.05, 4.69) is 0 Å². The lowest BCUT2D eigenvalue weighted by molar-refractivity contribution is 0.337. The first-order chi connectivity index (χ1) is 8.70. The number of alkyl halides is 1. The van der Waals surface area contributed by atoms with Crippen molar-refractivity contribution in [2.24, 2.45) is 0 Å². The molecule has 3 nitrogen and oxygen atoms in total. The lowest BCUT2D eigenvalue weighted by atomic mass is 10.0. The number of nitrogens with zero attached hydrogens (tertiary/aromatic N) is 1. The Kier molecular flexibility index (Phi) is 5.43. The lowest BCUT2D eigenvalue weighted by Crippen LogP contribution is -2.46. The van der Waals surface area contributed by atoms with Gasteiger partial charge in [-0.1, -0.05) is 0 Å². The zero-order chi connectivity index (χ0) is 14.6. The molecule has 6 heteroatoms. The number of halogens is 2. The van der Waals surface area contributed by atoms with Crippen LogP contribution in [-0.4, -0.2) is 32.8 Å². The Balaban J connectivity index is 2.90. The van der Waals surface area contributed by atoms with E-state index in [1.165, 1.54) is 12.1 Å². The summed E-state index contributed by atoms with van der Waals surface area (Å²) in [5.41, 5.74) is 0.305. The predicted octanol–water partition coefficient (Wildman–Crippen LogP) is 2.99. The van der Waals surface area contributed by atoms with Crippen LogP contribution in [0, 0.1) is 5.82 Å². The summed E-state index contributed by atoms with van der Waals surface area (Å²) in [7, 11) is 0. The van der Waals surface area contributed by atoms with Crippen molar-refractivity contribution in [1.82, 2.24) is 0 Å². The van der Waals surface area contributed by atoms with E-state index in [0.717, 1.165) is 0 Å². The van der Waals surface area contributed by atoms with Crippen LogP contribution in [0.15, 0.2) is 24.3 Å². The molecule has 19 heavy (non-hydrogen) atoms. The van der Waals surface area contributed by atoms with Gasteiger partial charge in [0.25, 0.3) is 0 Å². The second-order valence-corrected chi connectivity index (χ2v) is 6.32. The molecule has 0 radical (unpaired) electrons. The number of rotatable bonds is 5. The smallest absolute Gasteiger partial charge is 0.155 e. The minimum absolute atomic E-state index is 0.0125. The molecule has 0 aliphatic carbocycles. The summed E-state index contributed by atoms with van der Waals surface area (Å²) in [4.78, 5) is 1.75. The van der Waals surface area contributed by atoms with Gasteiger partial charge >= 0.3 is 0 Å². The summed E-state index contributed by atoms with van der Waals surface area (Å²) >= 11 is -2.16. The van der Waals surface area contributed by atoms with Gasteiger partial charge in [-0.2, -0.15) is 0 Å². The first-order valence-corrected chi connectivity index (χ1v) is 7.22. The fourth-order valence-electron chi connectivity index (χ4n) is 1.79. The van der Waals surface area contributed by atoms with E-state index in [4.69, 9.17) is 4.55 Å². The van der Waals surface area contributed by atoms with Crippen LogP contribution in [-0.2, 0) is 11.1 Å². The number of hydrogen-bond acceptors (Lipinski definition) is 2. The van der Waals surface area contributed by atoms with Crippen molar-refractivity contribution >= 4 is 16.8 Å². The molecule has 1 aromatic rings. The molecular weight excluding hydrogens is 272 g/mol. The first-order valence-electron chi connectivity index (χ1n) is 5.95. The summed E-state index contributed by atoms with van der Waals surface area (Å²) in [5.74, 6) is -0.779. The Labute approximate surface area is 114 Å². The SMILES string of the molecule is CC(C)(C)N(CC(F)CS(=O)O)c1ccc(F)cc1.